The Kier molecular flexibility index (Phi) is 10.3. The number of carbonyl (C=O) groups is 1. The number of nitrogens with zero attached hydrogens (tertiary/aromatic N) is 1. The normalized spacial score (nSPS) is 11.2. The highest BCUT2D eigenvalue weighted by Gasteiger charge is 2.04. The zero-order valence-corrected chi connectivity index (χ0v) is 15.0. The number of hydrogen-bond acceptors (Lipinski definition) is 3. The Morgan fingerprint density at radius 3 is 2.62 bits per heavy atom. The standard InChI is InChI=1S/C18H30N4O2/c1-4-19-17(23)16-10-7-9-15(13-16)14-22-18(20-5-2)21-11-8-12-24-6-3/h7,9-10,13H,4-6,8,11-12,14H2,1-3H3,(H,19,23)(H2,20,21,22). The topological polar surface area (TPSA) is 74.8 Å². The summed E-state index contributed by atoms with van der Waals surface area (Å²) in [5.41, 5.74) is 1.67. The molecule has 0 unspecified atom stereocenters. The highest BCUT2D eigenvalue weighted by atomic mass is 16.5. The molecule has 0 atom stereocenters. The van der Waals surface area contributed by atoms with Crippen molar-refractivity contribution in [3.8, 4) is 0 Å². The number of nitrogens with one attached hydrogen (secondary N) is 3. The Bertz CT molecular complexity index is 517. The van der Waals surface area contributed by atoms with Crippen LogP contribution >= 0.6 is 0 Å². The van der Waals surface area contributed by atoms with Gasteiger partial charge in [-0.1, -0.05) is 12.1 Å². The Labute approximate surface area is 145 Å². The van der Waals surface area contributed by atoms with Gasteiger partial charge < -0.3 is 20.7 Å². The monoisotopic (exact) mass is 334 g/mol. The van der Waals surface area contributed by atoms with E-state index in [2.05, 4.69) is 20.9 Å². The molecule has 1 amide bonds. The molecule has 0 saturated heterocycles. The largest absolute Gasteiger partial charge is 0.382 e. The summed E-state index contributed by atoms with van der Waals surface area (Å²) in [6.07, 6.45) is 0.935. The van der Waals surface area contributed by atoms with Crippen LogP contribution in [-0.4, -0.2) is 44.7 Å². The molecule has 1 aromatic carbocycles. The molecule has 6 nitrogen and oxygen atoms in total. The van der Waals surface area contributed by atoms with E-state index in [0.717, 1.165) is 44.2 Å². The number of amides is 1. The van der Waals surface area contributed by atoms with Crippen LogP contribution in [0.1, 0.15) is 43.1 Å². The summed E-state index contributed by atoms with van der Waals surface area (Å²) in [5.74, 6) is 0.724. The van der Waals surface area contributed by atoms with Gasteiger partial charge in [-0.3, -0.25) is 4.79 Å². The molecule has 134 valence electrons. The first-order valence-corrected chi connectivity index (χ1v) is 8.68. The van der Waals surface area contributed by atoms with Crippen molar-refractivity contribution in [1.82, 2.24) is 16.0 Å². The third kappa shape index (κ3) is 7.97. The van der Waals surface area contributed by atoms with Crippen molar-refractivity contribution in [2.24, 2.45) is 4.99 Å². The number of aliphatic imine (C=N–C) groups is 1. The van der Waals surface area contributed by atoms with Crippen molar-refractivity contribution in [3.05, 3.63) is 35.4 Å². The quantitative estimate of drug-likeness (QED) is 0.347. The van der Waals surface area contributed by atoms with Crippen molar-refractivity contribution in [1.29, 1.82) is 0 Å². The van der Waals surface area contributed by atoms with Crippen LogP contribution in [0.3, 0.4) is 0 Å². The van der Waals surface area contributed by atoms with E-state index in [1.165, 1.54) is 0 Å². The maximum Gasteiger partial charge on any atom is 0.251 e. The van der Waals surface area contributed by atoms with Gasteiger partial charge in [0.1, 0.15) is 0 Å². The molecule has 1 rings (SSSR count). The SMILES string of the molecule is CCNC(=O)c1cccc(CN=C(NCC)NCCCOCC)c1. The Balaban J connectivity index is 2.58. The number of ether oxygens (including phenoxy) is 1. The van der Waals surface area contributed by atoms with E-state index in [9.17, 15) is 4.79 Å². The second-order valence-corrected chi connectivity index (χ2v) is 5.23. The first-order chi connectivity index (χ1) is 11.7. The fourth-order valence-corrected chi connectivity index (χ4v) is 2.11. The van der Waals surface area contributed by atoms with Gasteiger partial charge in [0, 0.05) is 38.4 Å². The Hall–Kier alpha value is -2.08. The fraction of sp³-hybridized carbons (Fsp3) is 0.556. The Morgan fingerprint density at radius 2 is 1.92 bits per heavy atom. The molecule has 24 heavy (non-hydrogen) atoms. The number of guanidine groups is 1. The van der Waals surface area contributed by atoms with E-state index >= 15 is 0 Å². The lowest BCUT2D eigenvalue weighted by Crippen LogP contribution is -2.38. The van der Waals surface area contributed by atoms with Crippen LogP contribution in [0.15, 0.2) is 29.3 Å². The van der Waals surface area contributed by atoms with Crippen molar-refractivity contribution < 1.29 is 9.53 Å². The molecule has 0 fully saturated rings. The van der Waals surface area contributed by atoms with E-state index < -0.39 is 0 Å². The summed E-state index contributed by atoms with van der Waals surface area (Å²) in [6.45, 7) is 10.2. The summed E-state index contributed by atoms with van der Waals surface area (Å²) < 4.78 is 5.32. The maximum atomic E-state index is 11.9. The van der Waals surface area contributed by atoms with Gasteiger partial charge in [0.05, 0.1) is 6.54 Å². The van der Waals surface area contributed by atoms with Crippen LogP contribution in [0.5, 0.6) is 0 Å². The van der Waals surface area contributed by atoms with Gasteiger partial charge in [0.2, 0.25) is 0 Å². The number of hydrogen-bond donors (Lipinski definition) is 3. The lowest BCUT2D eigenvalue weighted by Gasteiger charge is -2.11. The summed E-state index contributed by atoms with van der Waals surface area (Å²) in [4.78, 5) is 16.5. The molecule has 0 aliphatic heterocycles. The van der Waals surface area contributed by atoms with Gasteiger partial charge in [-0.25, -0.2) is 4.99 Å². The van der Waals surface area contributed by atoms with Crippen molar-refractivity contribution >= 4 is 11.9 Å². The highest BCUT2D eigenvalue weighted by molar-refractivity contribution is 5.94. The van der Waals surface area contributed by atoms with Crippen molar-refractivity contribution in [2.45, 2.75) is 33.7 Å². The van der Waals surface area contributed by atoms with E-state index in [0.29, 0.717) is 18.7 Å². The molecule has 0 heterocycles. The molecule has 0 aromatic heterocycles. The molecular formula is C18H30N4O2. The van der Waals surface area contributed by atoms with E-state index in [4.69, 9.17) is 4.74 Å². The lowest BCUT2D eigenvalue weighted by molar-refractivity contribution is 0.0955. The van der Waals surface area contributed by atoms with Crippen LogP contribution in [0.4, 0.5) is 0 Å². The molecule has 0 spiro atoms. The molecular weight excluding hydrogens is 304 g/mol. The predicted octanol–water partition coefficient (Wildman–Crippen LogP) is 1.92. The predicted molar refractivity (Wildman–Crippen MR) is 98.4 cm³/mol. The second kappa shape index (κ2) is 12.4. The number of carbonyl (C=O) groups excluding carboxylic acids is 1. The third-order valence-corrected chi connectivity index (χ3v) is 3.25. The van der Waals surface area contributed by atoms with Gasteiger partial charge in [-0.05, 0) is 44.9 Å². The van der Waals surface area contributed by atoms with Gasteiger partial charge in [0.25, 0.3) is 5.91 Å². The highest BCUT2D eigenvalue weighted by Crippen LogP contribution is 2.06. The summed E-state index contributed by atoms with van der Waals surface area (Å²) in [7, 11) is 0. The average Bonchev–Trinajstić information content (AvgIpc) is 2.60. The minimum Gasteiger partial charge on any atom is -0.382 e. The third-order valence-electron chi connectivity index (χ3n) is 3.25. The second-order valence-electron chi connectivity index (χ2n) is 5.23. The number of benzene rings is 1. The fourth-order valence-electron chi connectivity index (χ4n) is 2.11. The van der Waals surface area contributed by atoms with Gasteiger partial charge in [-0.2, -0.15) is 0 Å². The molecule has 1 aromatic rings. The Morgan fingerprint density at radius 1 is 1.12 bits per heavy atom. The van der Waals surface area contributed by atoms with Gasteiger partial charge >= 0.3 is 0 Å². The zero-order valence-electron chi connectivity index (χ0n) is 15.0. The zero-order chi connectivity index (χ0) is 17.6. The lowest BCUT2D eigenvalue weighted by atomic mass is 10.1. The van der Waals surface area contributed by atoms with E-state index in [-0.39, 0.29) is 5.91 Å². The maximum absolute atomic E-state index is 11.9. The van der Waals surface area contributed by atoms with Crippen LogP contribution in [0.2, 0.25) is 0 Å². The van der Waals surface area contributed by atoms with Crippen molar-refractivity contribution in [2.75, 3.05) is 32.8 Å². The summed E-state index contributed by atoms with van der Waals surface area (Å²) in [5, 5.41) is 9.31. The molecule has 0 saturated carbocycles. The van der Waals surface area contributed by atoms with E-state index in [1.54, 1.807) is 0 Å². The van der Waals surface area contributed by atoms with Crippen LogP contribution in [0, 0.1) is 0 Å². The van der Waals surface area contributed by atoms with Crippen molar-refractivity contribution in [3.63, 3.8) is 0 Å². The van der Waals surface area contributed by atoms with Crippen LogP contribution in [0.25, 0.3) is 0 Å². The molecule has 0 radical (unpaired) electrons. The van der Waals surface area contributed by atoms with Crippen LogP contribution < -0.4 is 16.0 Å². The summed E-state index contributed by atoms with van der Waals surface area (Å²) >= 11 is 0. The van der Waals surface area contributed by atoms with Gasteiger partial charge in [0.15, 0.2) is 5.96 Å². The molecule has 0 aliphatic carbocycles. The minimum atomic E-state index is -0.0516. The van der Waals surface area contributed by atoms with E-state index in [1.807, 2.05) is 45.0 Å². The molecule has 0 aliphatic rings. The smallest absolute Gasteiger partial charge is 0.251 e. The number of rotatable bonds is 10. The average molecular weight is 334 g/mol. The van der Waals surface area contributed by atoms with Crippen LogP contribution in [-0.2, 0) is 11.3 Å². The molecule has 0 bridgehead atoms. The summed E-state index contributed by atoms with van der Waals surface area (Å²) in [6, 6.07) is 7.56. The van der Waals surface area contributed by atoms with Gasteiger partial charge in [-0.15, -0.1) is 0 Å². The molecule has 3 N–H and O–H groups in total. The molecule has 6 heteroatoms. The first-order valence-electron chi connectivity index (χ1n) is 8.68. The first kappa shape index (κ1) is 20.0. The minimum absolute atomic E-state index is 0.0516.